The Morgan fingerprint density at radius 2 is 1.93 bits per heavy atom. The van der Waals surface area contributed by atoms with Crippen molar-refractivity contribution in [3.8, 4) is 6.07 Å². The Kier molecular flexibility index (Phi) is 2.96. The summed E-state index contributed by atoms with van der Waals surface area (Å²) in [6.07, 6.45) is 3.98. The van der Waals surface area contributed by atoms with E-state index in [0.717, 1.165) is 25.7 Å². The van der Waals surface area contributed by atoms with Gasteiger partial charge in [0.25, 0.3) is 0 Å². The van der Waals surface area contributed by atoms with Crippen molar-refractivity contribution in [2.24, 2.45) is 0 Å². The van der Waals surface area contributed by atoms with Gasteiger partial charge < -0.3 is 5.32 Å². The largest absolute Gasteiger partial charge is 0.311 e. The normalized spacial score (nSPS) is 35.0. The van der Waals surface area contributed by atoms with Gasteiger partial charge in [0.2, 0.25) is 10.0 Å². The number of rotatable bonds is 3. The van der Waals surface area contributed by atoms with Crippen LogP contribution in [-0.2, 0) is 10.0 Å². The van der Waals surface area contributed by atoms with Crippen LogP contribution in [0.5, 0.6) is 0 Å². The minimum atomic E-state index is -3.39. The van der Waals surface area contributed by atoms with Gasteiger partial charge in [-0.15, -0.1) is 0 Å². The third-order valence-electron chi connectivity index (χ3n) is 3.07. The molecule has 2 aliphatic rings. The molecule has 2 bridgehead atoms. The zero-order valence-electron chi connectivity index (χ0n) is 8.44. The Morgan fingerprint density at radius 3 is 2.47 bits per heavy atom. The molecule has 2 heterocycles. The van der Waals surface area contributed by atoms with Crippen LogP contribution in [0.4, 0.5) is 0 Å². The van der Waals surface area contributed by atoms with Gasteiger partial charge in [0.05, 0.1) is 6.07 Å². The quantitative estimate of drug-likeness (QED) is 0.697. The average Bonchev–Trinajstić information content (AvgIpc) is 2.44. The highest BCUT2D eigenvalue weighted by molar-refractivity contribution is 7.89. The molecule has 0 radical (unpaired) electrons. The van der Waals surface area contributed by atoms with Crippen molar-refractivity contribution in [2.75, 3.05) is 5.75 Å². The maximum atomic E-state index is 11.4. The molecule has 0 aromatic heterocycles. The summed E-state index contributed by atoms with van der Waals surface area (Å²) in [4.78, 5) is 0. The first kappa shape index (κ1) is 10.9. The molecule has 2 N–H and O–H groups in total. The SMILES string of the molecule is N#CCS(=O)(=O)NC1CC2CCC(C1)N2. The molecule has 2 unspecified atom stereocenters. The third kappa shape index (κ3) is 2.68. The molecule has 0 spiro atoms. The number of nitriles is 1. The van der Waals surface area contributed by atoms with Gasteiger partial charge in [0.1, 0.15) is 0 Å². The molecule has 2 atom stereocenters. The summed E-state index contributed by atoms with van der Waals surface area (Å²) in [5, 5.41) is 11.8. The van der Waals surface area contributed by atoms with Crippen LogP contribution >= 0.6 is 0 Å². The summed E-state index contributed by atoms with van der Waals surface area (Å²) in [5.74, 6) is -0.438. The van der Waals surface area contributed by atoms with Gasteiger partial charge in [-0.25, -0.2) is 13.1 Å². The summed E-state index contributed by atoms with van der Waals surface area (Å²) >= 11 is 0. The smallest absolute Gasteiger partial charge is 0.225 e. The Labute approximate surface area is 89.9 Å². The lowest BCUT2D eigenvalue weighted by atomic mass is 10.0. The summed E-state index contributed by atoms with van der Waals surface area (Å²) in [5.41, 5.74) is 0. The summed E-state index contributed by atoms with van der Waals surface area (Å²) in [7, 11) is -3.39. The fourth-order valence-corrected chi connectivity index (χ4v) is 3.49. The van der Waals surface area contributed by atoms with E-state index in [0.29, 0.717) is 12.1 Å². The van der Waals surface area contributed by atoms with Crippen LogP contribution in [0.2, 0.25) is 0 Å². The van der Waals surface area contributed by atoms with E-state index < -0.39 is 15.8 Å². The van der Waals surface area contributed by atoms with Crippen molar-refractivity contribution in [1.29, 1.82) is 5.26 Å². The first-order valence-corrected chi connectivity index (χ1v) is 6.87. The number of sulfonamides is 1. The molecule has 2 aliphatic heterocycles. The monoisotopic (exact) mass is 229 g/mol. The minimum absolute atomic E-state index is 0.0158. The highest BCUT2D eigenvalue weighted by Crippen LogP contribution is 2.26. The molecule has 15 heavy (non-hydrogen) atoms. The predicted octanol–water partition coefficient (Wildman–Crippen LogP) is -0.288. The van der Waals surface area contributed by atoms with Crippen molar-refractivity contribution in [2.45, 2.75) is 43.8 Å². The van der Waals surface area contributed by atoms with E-state index in [1.165, 1.54) is 0 Å². The summed E-state index contributed by atoms with van der Waals surface area (Å²) in [6.45, 7) is 0. The number of nitrogens with one attached hydrogen (secondary N) is 2. The average molecular weight is 229 g/mol. The number of fused-ring (bicyclic) bond motifs is 2. The number of nitrogens with zero attached hydrogens (tertiary/aromatic N) is 1. The zero-order chi connectivity index (χ0) is 10.9. The van der Waals surface area contributed by atoms with Crippen LogP contribution in [0.15, 0.2) is 0 Å². The van der Waals surface area contributed by atoms with Crippen LogP contribution in [0.25, 0.3) is 0 Å². The lowest BCUT2D eigenvalue weighted by molar-refractivity contribution is 0.345. The standard InChI is InChI=1S/C9H15N3O2S/c10-3-4-15(13,14)12-9-5-7-1-2-8(6-9)11-7/h7-9,11-12H,1-2,4-6H2. The molecule has 2 saturated heterocycles. The van der Waals surface area contributed by atoms with Gasteiger partial charge >= 0.3 is 0 Å². The molecule has 0 aliphatic carbocycles. The molecule has 0 aromatic carbocycles. The molecule has 6 heteroatoms. The highest BCUT2D eigenvalue weighted by Gasteiger charge is 2.34. The van der Waals surface area contributed by atoms with E-state index in [-0.39, 0.29) is 6.04 Å². The van der Waals surface area contributed by atoms with Gasteiger partial charge in [0, 0.05) is 18.1 Å². The van der Waals surface area contributed by atoms with Gasteiger partial charge in [-0.05, 0) is 25.7 Å². The Bertz CT molecular complexity index is 361. The second-order valence-corrected chi connectivity index (χ2v) is 6.10. The van der Waals surface area contributed by atoms with Crippen molar-refractivity contribution in [3.63, 3.8) is 0 Å². The fraction of sp³-hybridized carbons (Fsp3) is 0.889. The van der Waals surface area contributed by atoms with Gasteiger partial charge in [-0.2, -0.15) is 5.26 Å². The van der Waals surface area contributed by atoms with Crippen molar-refractivity contribution < 1.29 is 8.42 Å². The number of hydrogen-bond acceptors (Lipinski definition) is 4. The van der Waals surface area contributed by atoms with E-state index >= 15 is 0 Å². The zero-order valence-corrected chi connectivity index (χ0v) is 9.26. The topological polar surface area (TPSA) is 82.0 Å². The van der Waals surface area contributed by atoms with Crippen LogP contribution in [-0.4, -0.2) is 32.3 Å². The lowest BCUT2D eigenvalue weighted by Crippen LogP contribution is -2.48. The second-order valence-electron chi connectivity index (χ2n) is 4.34. The molecule has 0 saturated carbocycles. The Balaban J connectivity index is 1.94. The van der Waals surface area contributed by atoms with Crippen molar-refractivity contribution in [1.82, 2.24) is 10.0 Å². The number of hydrogen-bond donors (Lipinski definition) is 2. The molecular weight excluding hydrogens is 214 g/mol. The molecule has 5 nitrogen and oxygen atoms in total. The summed E-state index contributed by atoms with van der Waals surface area (Å²) in [6, 6.07) is 2.60. The van der Waals surface area contributed by atoms with E-state index in [4.69, 9.17) is 5.26 Å². The third-order valence-corrected chi connectivity index (χ3v) is 4.28. The van der Waals surface area contributed by atoms with E-state index in [2.05, 4.69) is 10.0 Å². The lowest BCUT2D eigenvalue weighted by Gasteiger charge is -2.29. The minimum Gasteiger partial charge on any atom is -0.311 e. The number of piperidine rings is 1. The van der Waals surface area contributed by atoms with Crippen molar-refractivity contribution in [3.05, 3.63) is 0 Å². The Morgan fingerprint density at radius 1 is 1.33 bits per heavy atom. The molecule has 0 amide bonds. The summed E-state index contributed by atoms with van der Waals surface area (Å²) < 4.78 is 25.4. The first-order valence-electron chi connectivity index (χ1n) is 5.22. The predicted molar refractivity (Wildman–Crippen MR) is 55.5 cm³/mol. The molecule has 2 rings (SSSR count). The van der Waals surface area contributed by atoms with Gasteiger partial charge in [-0.1, -0.05) is 0 Å². The van der Waals surface area contributed by atoms with Crippen LogP contribution < -0.4 is 10.0 Å². The molecule has 84 valence electrons. The van der Waals surface area contributed by atoms with Gasteiger partial charge in [0.15, 0.2) is 5.75 Å². The van der Waals surface area contributed by atoms with Gasteiger partial charge in [-0.3, -0.25) is 0 Å². The van der Waals surface area contributed by atoms with Crippen LogP contribution in [0.3, 0.4) is 0 Å². The highest BCUT2D eigenvalue weighted by atomic mass is 32.2. The van der Waals surface area contributed by atoms with Crippen molar-refractivity contribution >= 4 is 10.0 Å². The fourth-order valence-electron chi connectivity index (χ4n) is 2.53. The van der Waals surface area contributed by atoms with E-state index in [9.17, 15) is 8.42 Å². The maximum Gasteiger partial charge on any atom is 0.225 e. The van der Waals surface area contributed by atoms with Crippen LogP contribution in [0, 0.1) is 11.3 Å². The second kappa shape index (κ2) is 4.08. The van der Waals surface area contributed by atoms with E-state index in [1.807, 2.05) is 0 Å². The first-order chi connectivity index (χ1) is 7.09. The van der Waals surface area contributed by atoms with E-state index in [1.54, 1.807) is 6.07 Å². The van der Waals surface area contributed by atoms with Crippen LogP contribution in [0.1, 0.15) is 25.7 Å². The Hall–Kier alpha value is -0.640. The molecular formula is C9H15N3O2S. The molecule has 0 aromatic rings. The maximum absolute atomic E-state index is 11.4. The molecule has 2 fully saturated rings.